The lowest BCUT2D eigenvalue weighted by Crippen LogP contribution is -2.22. The van der Waals surface area contributed by atoms with Crippen LogP contribution in [0, 0.1) is 16.7 Å². The van der Waals surface area contributed by atoms with E-state index in [1.807, 2.05) is 55.5 Å². The highest BCUT2D eigenvalue weighted by atomic mass is 32.2. The Bertz CT molecular complexity index is 2350. The second-order valence-corrected chi connectivity index (χ2v) is 17.1. The smallest absolute Gasteiger partial charge is 0.242 e. The fraction of sp³-hybridized carbons (Fsp3) is 0.231. The molecule has 0 unspecified atom stereocenters. The van der Waals surface area contributed by atoms with Crippen molar-refractivity contribution >= 4 is 36.9 Å². The monoisotopic (exact) mass is 708 g/mol. The summed E-state index contributed by atoms with van der Waals surface area (Å²) in [5, 5.41) is 26.3. The number of hydrogen-bond acceptors (Lipinski definition) is 7. The molecular weight excluding hydrogens is 669 g/mol. The van der Waals surface area contributed by atoms with E-state index < -0.39 is 20.0 Å². The fourth-order valence-corrected chi connectivity index (χ4v) is 8.23. The zero-order chi connectivity index (χ0) is 36.5. The van der Waals surface area contributed by atoms with Gasteiger partial charge in [0, 0.05) is 28.2 Å². The third kappa shape index (κ3) is 6.99. The average molecular weight is 709 g/mol. The Hall–Kier alpha value is -4.70. The number of nitrogens with zero attached hydrogens (tertiary/aromatic N) is 3. The molecule has 2 aliphatic carbocycles. The fourth-order valence-electron chi connectivity index (χ4n) is 6.33. The second kappa shape index (κ2) is 14.3. The number of benzene rings is 4. The third-order valence-corrected chi connectivity index (χ3v) is 12.6. The molecule has 2 aliphatic rings. The maximum atomic E-state index is 12.5. The molecule has 11 heteroatoms. The molecule has 0 saturated heterocycles. The van der Waals surface area contributed by atoms with Gasteiger partial charge in [-0.1, -0.05) is 53.6 Å². The van der Waals surface area contributed by atoms with Crippen molar-refractivity contribution in [3.63, 3.8) is 0 Å². The molecule has 4 aromatic carbocycles. The molecule has 0 aliphatic heterocycles. The highest BCUT2D eigenvalue weighted by Crippen LogP contribution is 2.40. The standard InChI is InChI=1S/C20H22N2O3S.C19H18N2O2S/c1-13-9-14-7-8-15(19(21)12-23)11-18(14)20(13)16-5-4-6-17(10-16)26(24,25)22(2)3;1-13-9-15-8-7-14(12-20)10-18(15)19(13)16-5-4-6-17(11-16)24(22,23)21(2)3/h4-8,10-11,21,23H,9,12H2,1-3H3;4-8,10-11H,9H2,1-3H3. The first-order valence-corrected chi connectivity index (χ1v) is 18.8. The maximum absolute atomic E-state index is 12.5. The topological polar surface area (TPSA) is 143 Å². The van der Waals surface area contributed by atoms with Crippen molar-refractivity contribution in [2.24, 2.45) is 0 Å². The summed E-state index contributed by atoms with van der Waals surface area (Å²) >= 11 is 0. The van der Waals surface area contributed by atoms with E-state index in [4.69, 9.17) is 10.7 Å². The minimum Gasteiger partial charge on any atom is -0.390 e. The Kier molecular flexibility index (Phi) is 10.4. The summed E-state index contributed by atoms with van der Waals surface area (Å²) in [4.78, 5) is 0.531. The molecule has 0 aromatic heterocycles. The summed E-state index contributed by atoms with van der Waals surface area (Å²) in [6.07, 6.45) is 1.61. The van der Waals surface area contributed by atoms with Gasteiger partial charge in [0.25, 0.3) is 0 Å². The van der Waals surface area contributed by atoms with Crippen LogP contribution in [0.4, 0.5) is 0 Å². The summed E-state index contributed by atoms with van der Waals surface area (Å²) in [5.74, 6) is 0. The average Bonchev–Trinajstić information content (AvgIpc) is 3.61. The number of aliphatic hydroxyl groups is 1. The largest absolute Gasteiger partial charge is 0.390 e. The highest BCUT2D eigenvalue weighted by Gasteiger charge is 2.25. The SMILES string of the molecule is CC1=C(c2cccc(S(=O)(=O)N(C)C)c2)c2cc(C#N)ccc2C1.CC1=C(c2cccc(S(=O)(=O)N(C)C)c2)c2cc(C(=N)CO)ccc2C1. The van der Waals surface area contributed by atoms with E-state index in [1.165, 1.54) is 47.9 Å². The second-order valence-electron chi connectivity index (χ2n) is 12.8. The summed E-state index contributed by atoms with van der Waals surface area (Å²) in [6, 6.07) is 27.5. The molecular formula is C39H40N4O5S2. The van der Waals surface area contributed by atoms with E-state index in [2.05, 4.69) is 13.0 Å². The zero-order valence-electron chi connectivity index (χ0n) is 28.9. The number of fused-ring (bicyclic) bond motifs is 2. The molecule has 0 spiro atoms. The van der Waals surface area contributed by atoms with E-state index in [9.17, 15) is 21.9 Å². The van der Waals surface area contributed by atoms with Gasteiger partial charge in [-0.25, -0.2) is 25.4 Å². The van der Waals surface area contributed by atoms with Gasteiger partial charge in [0.1, 0.15) is 0 Å². The molecule has 0 bridgehead atoms. The minimum atomic E-state index is -3.51. The highest BCUT2D eigenvalue weighted by molar-refractivity contribution is 7.89. The van der Waals surface area contributed by atoms with Gasteiger partial charge in [-0.2, -0.15) is 5.26 Å². The van der Waals surface area contributed by atoms with Crippen LogP contribution in [0.3, 0.4) is 0 Å². The van der Waals surface area contributed by atoms with Crippen LogP contribution in [0.15, 0.2) is 106 Å². The molecule has 258 valence electrons. The third-order valence-electron chi connectivity index (χ3n) is 8.96. The number of allylic oxidation sites excluding steroid dienone is 2. The van der Waals surface area contributed by atoms with Gasteiger partial charge in [-0.3, -0.25) is 0 Å². The van der Waals surface area contributed by atoms with Crippen molar-refractivity contribution in [1.82, 2.24) is 8.61 Å². The quantitative estimate of drug-likeness (QED) is 0.220. The number of nitriles is 1. The van der Waals surface area contributed by atoms with Crippen molar-refractivity contribution in [2.75, 3.05) is 34.8 Å². The molecule has 6 rings (SSSR count). The van der Waals surface area contributed by atoms with E-state index in [-0.39, 0.29) is 22.1 Å². The summed E-state index contributed by atoms with van der Waals surface area (Å²) in [6.45, 7) is 3.78. The van der Waals surface area contributed by atoms with Crippen molar-refractivity contribution < 1.29 is 21.9 Å². The van der Waals surface area contributed by atoms with Crippen molar-refractivity contribution in [1.29, 1.82) is 10.7 Å². The number of rotatable bonds is 8. The predicted octanol–water partition coefficient (Wildman–Crippen LogP) is 5.86. The molecule has 0 atom stereocenters. The van der Waals surface area contributed by atoms with Crippen LogP contribution >= 0.6 is 0 Å². The number of nitrogens with one attached hydrogen (secondary N) is 1. The Balaban J connectivity index is 0.000000195. The first-order valence-electron chi connectivity index (χ1n) is 15.9. The molecule has 0 saturated carbocycles. The van der Waals surface area contributed by atoms with E-state index >= 15 is 0 Å². The van der Waals surface area contributed by atoms with Crippen molar-refractivity contribution in [3.05, 3.63) is 141 Å². The lowest BCUT2D eigenvalue weighted by molar-refractivity contribution is 0.357. The summed E-state index contributed by atoms with van der Waals surface area (Å²) in [5.41, 5.74) is 11.9. The molecule has 2 N–H and O–H groups in total. The van der Waals surface area contributed by atoms with Gasteiger partial charge in [0.05, 0.1) is 33.7 Å². The van der Waals surface area contributed by atoms with Crippen molar-refractivity contribution in [2.45, 2.75) is 36.5 Å². The van der Waals surface area contributed by atoms with Gasteiger partial charge >= 0.3 is 0 Å². The van der Waals surface area contributed by atoms with Crippen molar-refractivity contribution in [3.8, 4) is 6.07 Å². The van der Waals surface area contributed by atoms with Crippen LogP contribution in [0.1, 0.15) is 58.4 Å². The maximum Gasteiger partial charge on any atom is 0.242 e. The number of hydrogen-bond donors (Lipinski definition) is 2. The molecule has 0 fully saturated rings. The first-order chi connectivity index (χ1) is 23.6. The minimum absolute atomic E-state index is 0.167. The van der Waals surface area contributed by atoms with Crippen LogP contribution in [0.25, 0.3) is 11.1 Å². The lowest BCUT2D eigenvalue weighted by atomic mass is 9.95. The van der Waals surface area contributed by atoms with E-state index in [0.29, 0.717) is 11.1 Å². The van der Waals surface area contributed by atoms with Gasteiger partial charge < -0.3 is 10.5 Å². The first kappa shape index (κ1) is 36.6. The Morgan fingerprint density at radius 3 is 1.62 bits per heavy atom. The Labute approximate surface area is 295 Å². The van der Waals surface area contributed by atoms with E-state index in [0.717, 1.165) is 57.4 Å². The van der Waals surface area contributed by atoms with Gasteiger partial charge in [-0.05, 0) is 119 Å². The van der Waals surface area contributed by atoms with Crippen LogP contribution in [0.5, 0.6) is 0 Å². The summed E-state index contributed by atoms with van der Waals surface area (Å²) < 4.78 is 52.1. The summed E-state index contributed by atoms with van der Waals surface area (Å²) in [7, 11) is -0.899. The zero-order valence-corrected chi connectivity index (χ0v) is 30.6. The molecule has 0 radical (unpaired) electrons. The van der Waals surface area contributed by atoms with Gasteiger partial charge in [0.2, 0.25) is 20.0 Å². The van der Waals surface area contributed by atoms with E-state index in [1.54, 1.807) is 36.4 Å². The number of sulfonamides is 2. The van der Waals surface area contributed by atoms with Crippen LogP contribution < -0.4 is 0 Å². The lowest BCUT2D eigenvalue weighted by Gasteiger charge is -2.14. The van der Waals surface area contributed by atoms with Crippen LogP contribution in [-0.2, 0) is 32.9 Å². The molecule has 50 heavy (non-hydrogen) atoms. The molecule has 4 aromatic rings. The Morgan fingerprint density at radius 1 is 0.720 bits per heavy atom. The molecule has 0 heterocycles. The van der Waals surface area contributed by atoms with Crippen LogP contribution in [-0.4, -0.2) is 71.1 Å². The van der Waals surface area contributed by atoms with Crippen LogP contribution in [0.2, 0.25) is 0 Å². The van der Waals surface area contributed by atoms with Gasteiger partial charge in [-0.15, -0.1) is 0 Å². The number of aliphatic hydroxyl groups excluding tert-OH is 1. The Morgan fingerprint density at radius 2 is 1.18 bits per heavy atom. The van der Waals surface area contributed by atoms with Gasteiger partial charge in [0.15, 0.2) is 0 Å². The normalized spacial score (nSPS) is 14.0. The molecule has 9 nitrogen and oxygen atoms in total. The molecule has 0 amide bonds. The predicted molar refractivity (Wildman–Crippen MR) is 197 cm³/mol.